The molecule has 0 radical (unpaired) electrons. The van der Waals surface area contributed by atoms with E-state index in [1.165, 1.54) is 36.7 Å². The Morgan fingerprint density at radius 1 is 1.00 bits per heavy atom. The third-order valence-electron chi connectivity index (χ3n) is 8.55. The number of ether oxygens (including phenoxy) is 3. The number of hydrogen-bond acceptors (Lipinski definition) is 10. The number of nitrogens with one attached hydrogen (secondary N) is 2. The van der Waals surface area contributed by atoms with E-state index in [4.69, 9.17) is 14.2 Å². The molecule has 0 unspecified atom stereocenters. The lowest BCUT2D eigenvalue weighted by atomic mass is 9.85. The zero-order chi connectivity index (χ0) is 37.3. The summed E-state index contributed by atoms with van der Waals surface area (Å²) in [6.45, 7) is 8.98. The number of methoxy groups -OCH3 is 1. The van der Waals surface area contributed by atoms with E-state index >= 15 is 0 Å². The van der Waals surface area contributed by atoms with Crippen molar-refractivity contribution in [2.75, 3.05) is 40.6 Å². The highest BCUT2D eigenvalue weighted by atomic mass is 32.2. The van der Waals surface area contributed by atoms with E-state index in [0.717, 1.165) is 10.5 Å². The van der Waals surface area contributed by atoms with Gasteiger partial charge in [0.25, 0.3) is 0 Å². The number of rotatable bonds is 17. The summed E-state index contributed by atoms with van der Waals surface area (Å²) in [5, 5.41) is 28.4. The summed E-state index contributed by atoms with van der Waals surface area (Å²) in [5.74, 6) is 0.121. The Kier molecular flexibility index (Phi) is 13.9. The van der Waals surface area contributed by atoms with Crippen LogP contribution in [0.3, 0.4) is 0 Å². The second-order valence-corrected chi connectivity index (χ2v) is 16.4. The summed E-state index contributed by atoms with van der Waals surface area (Å²) in [6, 6.07) is 11.5. The van der Waals surface area contributed by atoms with Crippen LogP contribution < -0.4 is 25.2 Å². The molecule has 0 spiro atoms. The van der Waals surface area contributed by atoms with Gasteiger partial charge in [0.05, 0.1) is 24.2 Å². The van der Waals surface area contributed by atoms with Gasteiger partial charge in [-0.2, -0.15) is 4.31 Å². The lowest BCUT2D eigenvalue weighted by molar-refractivity contribution is -0.264. The van der Waals surface area contributed by atoms with Crippen LogP contribution in [-0.2, 0) is 26.0 Å². The van der Waals surface area contributed by atoms with Crippen molar-refractivity contribution in [2.24, 2.45) is 10.8 Å². The monoisotopic (exact) mass is 719 g/mol. The molecule has 2 aromatic rings. The smallest absolute Gasteiger partial charge is 0.407 e. The fourth-order valence-electron chi connectivity index (χ4n) is 5.64. The van der Waals surface area contributed by atoms with E-state index in [0.29, 0.717) is 25.0 Å². The Morgan fingerprint density at radius 3 is 2.28 bits per heavy atom. The van der Waals surface area contributed by atoms with Crippen LogP contribution in [-0.4, -0.2) is 99.6 Å². The van der Waals surface area contributed by atoms with Crippen molar-refractivity contribution in [1.29, 1.82) is 0 Å². The molecular weight excluding hydrogens is 668 g/mol. The van der Waals surface area contributed by atoms with E-state index in [-0.39, 0.29) is 43.5 Å². The van der Waals surface area contributed by atoms with Gasteiger partial charge in [-0.1, -0.05) is 71.4 Å². The molecule has 278 valence electrons. The molecule has 1 aliphatic heterocycles. The van der Waals surface area contributed by atoms with E-state index in [9.17, 15) is 33.0 Å². The van der Waals surface area contributed by atoms with Crippen molar-refractivity contribution in [1.82, 2.24) is 19.8 Å². The van der Waals surface area contributed by atoms with Gasteiger partial charge >= 0.3 is 6.09 Å². The number of nitrogens with zero attached hydrogens (tertiary/aromatic N) is 2. The van der Waals surface area contributed by atoms with Gasteiger partial charge in [-0.25, -0.2) is 13.2 Å². The average Bonchev–Trinajstić information content (AvgIpc) is 3.52. The van der Waals surface area contributed by atoms with Crippen LogP contribution in [0, 0.1) is 10.8 Å². The summed E-state index contributed by atoms with van der Waals surface area (Å²) >= 11 is 0. The van der Waals surface area contributed by atoms with Gasteiger partial charge in [0.1, 0.15) is 12.1 Å². The maximum Gasteiger partial charge on any atom is 0.407 e. The number of carbonyl (C=O) groups is 3. The quantitative estimate of drug-likeness (QED) is 0.205. The van der Waals surface area contributed by atoms with Gasteiger partial charge in [0, 0.05) is 32.7 Å². The maximum atomic E-state index is 14.3. The summed E-state index contributed by atoms with van der Waals surface area (Å²) in [6.07, 6.45) is -1.59. The molecule has 3 amide bonds. The van der Waals surface area contributed by atoms with Crippen LogP contribution in [0.5, 0.6) is 11.5 Å². The van der Waals surface area contributed by atoms with Crippen molar-refractivity contribution in [3.8, 4) is 11.5 Å². The standard InChI is InChI=1S/C35H52N4O10S/c1-34(2,3)30(37-32(42)47-7)31(41)36-26(19-24-13-9-8-10-14-24)27(40)21-39(22-35(4,5)17-11-12-18-38(6)33(43)44)50(45,46)25-15-16-28-29(20-25)49-23-48-28/h8-10,13-16,20,26-27,30,40H,11-12,17-19,21-23H2,1-7H3,(H,36,41)(H,37,42)(H,43,44)/p-1/t26-,27+,30+/m0/s1. The van der Waals surface area contributed by atoms with Crippen LogP contribution in [0.1, 0.15) is 59.4 Å². The largest absolute Gasteiger partial charge is 0.530 e. The average molecular weight is 720 g/mol. The second-order valence-electron chi connectivity index (χ2n) is 14.4. The van der Waals surface area contributed by atoms with Crippen molar-refractivity contribution >= 4 is 28.1 Å². The highest BCUT2D eigenvalue weighted by Crippen LogP contribution is 2.36. The maximum absolute atomic E-state index is 14.3. The summed E-state index contributed by atoms with van der Waals surface area (Å²) in [7, 11) is -1.62. The second kappa shape index (κ2) is 17.2. The van der Waals surface area contributed by atoms with Crippen LogP contribution in [0.4, 0.5) is 9.59 Å². The minimum Gasteiger partial charge on any atom is -0.530 e. The van der Waals surface area contributed by atoms with Crippen LogP contribution in [0.15, 0.2) is 53.4 Å². The zero-order valence-corrected chi connectivity index (χ0v) is 30.7. The van der Waals surface area contributed by atoms with Gasteiger partial charge in [0.15, 0.2) is 11.5 Å². The van der Waals surface area contributed by atoms with Gasteiger partial charge < -0.3 is 44.8 Å². The number of amides is 3. The van der Waals surface area contributed by atoms with Crippen LogP contribution in [0.25, 0.3) is 0 Å². The Bertz CT molecular complexity index is 1560. The SMILES string of the molecule is COC(=O)N[C@H](C(=O)N[C@@H](Cc1ccccc1)[C@H](O)CN(CC(C)(C)CCCCN(C)C(=O)[O-])S(=O)(=O)c1ccc2c(c1)OCO2)C(C)(C)C. The molecule has 50 heavy (non-hydrogen) atoms. The number of carbonyl (C=O) groups excluding carboxylic acids is 3. The fourth-order valence-corrected chi connectivity index (χ4v) is 7.30. The molecule has 14 nitrogen and oxygen atoms in total. The number of unbranched alkanes of at least 4 members (excludes halogenated alkanes) is 1. The first-order chi connectivity index (χ1) is 23.3. The zero-order valence-electron chi connectivity index (χ0n) is 29.9. The number of aliphatic hydroxyl groups excluding tert-OH is 1. The van der Waals surface area contributed by atoms with E-state index < -0.39 is 57.1 Å². The third-order valence-corrected chi connectivity index (χ3v) is 10.4. The number of benzene rings is 2. The van der Waals surface area contributed by atoms with Gasteiger partial charge in [-0.3, -0.25) is 4.79 Å². The minimum absolute atomic E-state index is 0.00231. The molecule has 0 aromatic heterocycles. The van der Waals surface area contributed by atoms with Gasteiger partial charge in [-0.15, -0.1) is 0 Å². The first-order valence-corrected chi connectivity index (χ1v) is 18.0. The van der Waals surface area contributed by atoms with Crippen molar-refractivity contribution in [2.45, 2.75) is 83.4 Å². The number of aliphatic hydroxyl groups is 1. The molecule has 3 N–H and O–H groups in total. The van der Waals surface area contributed by atoms with E-state index in [1.807, 2.05) is 44.2 Å². The number of carboxylic acid groups (broad SMARTS) is 1. The van der Waals surface area contributed by atoms with Crippen LogP contribution >= 0.6 is 0 Å². The molecule has 0 aliphatic carbocycles. The highest BCUT2D eigenvalue weighted by molar-refractivity contribution is 7.89. The molecule has 0 saturated carbocycles. The Hall–Kier alpha value is -4.08. The topological polar surface area (TPSA) is 187 Å². The number of fused-ring (bicyclic) bond motifs is 1. The van der Waals surface area contributed by atoms with Crippen molar-refractivity contribution in [3.05, 3.63) is 54.1 Å². The normalized spacial score (nSPS) is 14.8. The lowest BCUT2D eigenvalue weighted by Gasteiger charge is -2.36. The van der Waals surface area contributed by atoms with Crippen molar-refractivity contribution < 1.29 is 47.2 Å². The minimum atomic E-state index is -4.24. The molecule has 1 heterocycles. The predicted octanol–water partition coefficient (Wildman–Crippen LogP) is 2.74. The van der Waals surface area contributed by atoms with E-state index in [2.05, 4.69) is 10.6 Å². The Labute approximate surface area is 295 Å². The predicted molar refractivity (Wildman–Crippen MR) is 184 cm³/mol. The van der Waals surface area contributed by atoms with Crippen LogP contribution in [0.2, 0.25) is 0 Å². The van der Waals surface area contributed by atoms with Gasteiger partial charge in [-0.05, 0) is 47.8 Å². The number of hydrogen-bond donors (Lipinski definition) is 3. The summed E-state index contributed by atoms with van der Waals surface area (Å²) < 4.78 is 45.4. The number of alkyl carbamates (subject to hydrolysis) is 1. The Balaban J connectivity index is 1.94. The molecule has 0 saturated heterocycles. The van der Waals surface area contributed by atoms with E-state index in [1.54, 1.807) is 20.8 Å². The van der Waals surface area contributed by atoms with Crippen molar-refractivity contribution in [3.63, 3.8) is 0 Å². The Morgan fingerprint density at radius 2 is 1.66 bits per heavy atom. The third kappa shape index (κ3) is 11.5. The lowest BCUT2D eigenvalue weighted by Crippen LogP contribution is -2.59. The molecule has 0 fully saturated rings. The molecule has 0 bridgehead atoms. The first kappa shape index (κ1) is 40.4. The summed E-state index contributed by atoms with van der Waals surface area (Å²) in [4.78, 5) is 38.0. The molecule has 1 aliphatic rings. The molecule has 3 atom stereocenters. The molecular formula is C35H51N4O10S-. The molecule has 2 aromatic carbocycles. The number of sulfonamides is 1. The summed E-state index contributed by atoms with van der Waals surface area (Å²) in [5.41, 5.74) is -0.560. The molecule has 15 heteroatoms. The highest BCUT2D eigenvalue weighted by Gasteiger charge is 2.38. The van der Waals surface area contributed by atoms with Gasteiger partial charge in [0.2, 0.25) is 22.7 Å². The first-order valence-electron chi connectivity index (χ1n) is 16.5. The molecule has 3 rings (SSSR count). The fraction of sp³-hybridized carbons (Fsp3) is 0.571.